The minimum atomic E-state index is -1.17. The zero-order valence-corrected chi connectivity index (χ0v) is 8.92. The molecule has 0 radical (unpaired) electrons. The van der Waals surface area contributed by atoms with Gasteiger partial charge in [0.15, 0.2) is 0 Å². The zero-order valence-electron chi connectivity index (χ0n) is 7.21. The van der Waals surface area contributed by atoms with Crippen molar-refractivity contribution in [3.63, 3.8) is 0 Å². The van der Waals surface area contributed by atoms with Gasteiger partial charge in [0, 0.05) is 6.42 Å². The summed E-state index contributed by atoms with van der Waals surface area (Å²) in [5, 5.41) is 16.3. The van der Waals surface area contributed by atoms with Gasteiger partial charge in [-0.3, -0.25) is 9.59 Å². The van der Waals surface area contributed by atoms with E-state index in [0.29, 0.717) is 0 Å². The highest BCUT2D eigenvalue weighted by atomic mass is 32.1. The van der Waals surface area contributed by atoms with Gasteiger partial charge in [-0.1, -0.05) is 12.2 Å². The molecule has 0 aromatic heterocycles. The van der Waals surface area contributed by atoms with Crippen molar-refractivity contribution in [2.45, 2.75) is 18.9 Å². The fourth-order valence-electron chi connectivity index (χ4n) is 0.402. The molecule has 0 spiro atoms. The van der Waals surface area contributed by atoms with E-state index < -0.39 is 18.0 Å². The van der Waals surface area contributed by atoms with Gasteiger partial charge in [0.25, 0.3) is 0 Å². The third kappa shape index (κ3) is 17.3. The Bertz CT molecular complexity index is 218. The first-order valence-corrected chi connectivity index (χ1v) is 4.31. The van der Waals surface area contributed by atoms with Crippen LogP contribution in [0.15, 0.2) is 0 Å². The molecule has 0 rings (SSSR count). The number of rotatable bonds is 4. The second-order valence-electron chi connectivity index (χ2n) is 2.22. The molecule has 0 aliphatic rings. The van der Waals surface area contributed by atoms with Crippen molar-refractivity contribution in [3.8, 4) is 0 Å². The Hall–Kier alpha value is -0.860. The lowest BCUT2D eigenvalue weighted by Gasteiger charge is -2.01. The SMILES string of the molecule is NC(=S)S.N[C@@H](CCC(=O)O)C(=O)O. The maximum absolute atomic E-state index is 9.99. The Morgan fingerprint density at radius 2 is 1.79 bits per heavy atom. The van der Waals surface area contributed by atoms with Crippen LogP contribution in [0.5, 0.6) is 0 Å². The molecule has 0 amide bonds. The second-order valence-corrected chi connectivity index (χ2v) is 3.44. The van der Waals surface area contributed by atoms with Crippen molar-refractivity contribution in [2.75, 3.05) is 0 Å². The first-order chi connectivity index (χ1) is 6.27. The van der Waals surface area contributed by atoms with Gasteiger partial charge in [-0.15, -0.1) is 12.6 Å². The summed E-state index contributed by atoms with van der Waals surface area (Å²) in [6.07, 6.45) is -0.224. The molecule has 0 heterocycles. The van der Waals surface area contributed by atoms with Crippen LogP contribution in [0.25, 0.3) is 0 Å². The fourth-order valence-corrected chi connectivity index (χ4v) is 0.402. The molecule has 0 aromatic rings. The van der Waals surface area contributed by atoms with Gasteiger partial charge in [-0.2, -0.15) is 0 Å². The van der Waals surface area contributed by atoms with Crippen molar-refractivity contribution < 1.29 is 19.8 Å². The summed E-state index contributed by atoms with van der Waals surface area (Å²) < 4.78 is 0.194. The minimum absolute atomic E-state index is 0.0231. The number of carboxylic acid groups (broad SMARTS) is 2. The lowest BCUT2D eigenvalue weighted by molar-refractivity contribution is -0.139. The molecule has 0 aliphatic carbocycles. The molecule has 0 fully saturated rings. The summed E-state index contributed by atoms with van der Waals surface area (Å²) in [5.41, 5.74) is 9.71. The first kappa shape index (κ1) is 15.6. The Morgan fingerprint density at radius 1 is 1.43 bits per heavy atom. The predicted molar refractivity (Wildman–Crippen MR) is 58.3 cm³/mol. The lowest BCUT2D eigenvalue weighted by atomic mass is 10.2. The van der Waals surface area contributed by atoms with E-state index in [1.165, 1.54) is 0 Å². The number of hydrogen-bond donors (Lipinski definition) is 5. The number of thiocarbonyl (C=S) groups is 1. The predicted octanol–water partition coefficient (Wildman–Crippen LogP) is -0.577. The fraction of sp³-hybridized carbons (Fsp3) is 0.500. The van der Waals surface area contributed by atoms with Crippen LogP contribution in [-0.2, 0) is 9.59 Å². The molecule has 14 heavy (non-hydrogen) atoms. The van der Waals surface area contributed by atoms with Crippen molar-refractivity contribution in [1.82, 2.24) is 0 Å². The summed E-state index contributed by atoms with van der Waals surface area (Å²) in [7, 11) is 0. The molecular weight excluding hydrogens is 228 g/mol. The first-order valence-electron chi connectivity index (χ1n) is 3.46. The molecular formula is C6H12N2O4S2. The van der Waals surface area contributed by atoms with E-state index in [4.69, 9.17) is 21.7 Å². The van der Waals surface area contributed by atoms with Crippen LogP contribution in [0, 0.1) is 0 Å². The normalized spacial score (nSPS) is 10.7. The van der Waals surface area contributed by atoms with Crippen LogP contribution >= 0.6 is 24.8 Å². The average molecular weight is 240 g/mol. The van der Waals surface area contributed by atoms with Crippen LogP contribution in [0.1, 0.15) is 12.8 Å². The van der Waals surface area contributed by atoms with Gasteiger partial charge in [-0.25, -0.2) is 0 Å². The quantitative estimate of drug-likeness (QED) is 0.329. The van der Waals surface area contributed by atoms with Crippen LogP contribution in [-0.4, -0.2) is 32.5 Å². The van der Waals surface area contributed by atoms with Crippen LogP contribution < -0.4 is 11.5 Å². The van der Waals surface area contributed by atoms with E-state index in [1.807, 2.05) is 0 Å². The Kier molecular flexibility index (Phi) is 9.73. The van der Waals surface area contributed by atoms with Crippen molar-refractivity contribution in [1.29, 1.82) is 0 Å². The largest absolute Gasteiger partial charge is 0.481 e. The smallest absolute Gasteiger partial charge is 0.320 e. The van der Waals surface area contributed by atoms with Gasteiger partial charge in [0.05, 0.1) is 0 Å². The standard InChI is InChI=1S/C5H9NO4.CH3NS2/c6-3(5(9)10)1-2-4(7)8;2-1(3)4/h3H,1-2,6H2,(H,7,8)(H,9,10);(H3,2,3,4)/t3-;/m0./s1. The minimum Gasteiger partial charge on any atom is -0.481 e. The number of nitrogens with two attached hydrogens (primary N) is 2. The highest BCUT2D eigenvalue weighted by molar-refractivity contribution is 8.10. The summed E-state index contributed by atoms with van der Waals surface area (Å²) in [6, 6.07) is -1.06. The number of aliphatic carboxylic acids is 2. The molecule has 1 atom stereocenters. The van der Waals surface area contributed by atoms with E-state index in [1.54, 1.807) is 0 Å². The summed E-state index contributed by atoms with van der Waals surface area (Å²) in [6.45, 7) is 0. The monoisotopic (exact) mass is 240 g/mol. The Morgan fingerprint density at radius 3 is 2.00 bits per heavy atom. The number of thiol groups is 1. The molecule has 0 aromatic carbocycles. The molecule has 82 valence electrons. The molecule has 0 bridgehead atoms. The number of hydrogen-bond acceptors (Lipinski definition) is 4. The van der Waals surface area contributed by atoms with Crippen LogP contribution in [0.2, 0.25) is 0 Å². The van der Waals surface area contributed by atoms with Crippen LogP contribution in [0.4, 0.5) is 0 Å². The third-order valence-electron chi connectivity index (χ3n) is 0.986. The molecule has 6 nitrogen and oxygen atoms in total. The highest BCUT2D eigenvalue weighted by Crippen LogP contribution is 1.93. The lowest BCUT2D eigenvalue weighted by Crippen LogP contribution is -2.30. The Balaban J connectivity index is 0. The third-order valence-corrected chi connectivity index (χ3v) is 0.986. The van der Waals surface area contributed by atoms with Crippen molar-refractivity contribution in [3.05, 3.63) is 0 Å². The van der Waals surface area contributed by atoms with Crippen molar-refractivity contribution in [2.24, 2.45) is 11.5 Å². The van der Waals surface area contributed by atoms with E-state index in [9.17, 15) is 9.59 Å². The van der Waals surface area contributed by atoms with Gasteiger partial charge in [0.1, 0.15) is 10.4 Å². The summed E-state index contributed by atoms with van der Waals surface area (Å²) in [4.78, 5) is 19.9. The number of carbonyl (C=O) groups is 2. The average Bonchev–Trinajstić information content (AvgIpc) is 1.98. The van der Waals surface area contributed by atoms with E-state index in [2.05, 4.69) is 24.8 Å². The maximum Gasteiger partial charge on any atom is 0.320 e. The summed E-state index contributed by atoms with van der Waals surface area (Å²) >= 11 is 7.65. The molecule has 0 saturated carbocycles. The van der Waals surface area contributed by atoms with Gasteiger partial charge >= 0.3 is 11.9 Å². The second kappa shape index (κ2) is 8.73. The van der Waals surface area contributed by atoms with E-state index in [-0.39, 0.29) is 17.2 Å². The molecule has 8 heteroatoms. The highest BCUT2D eigenvalue weighted by Gasteiger charge is 2.12. The summed E-state index contributed by atoms with van der Waals surface area (Å²) in [5.74, 6) is -2.20. The topological polar surface area (TPSA) is 127 Å². The van der Waals surface area contributed by atoms with E-state index in [0.717, 1.165) is 0 Å². The van der Waals surface area contributed by atoms with Gasteiger partial charge in [-0.05, 0) is 6.42 Å². The van der Waals surface area contributed by atoms with Crippen molar-refractivity contribution >= 4 is 41.1 Å². The van der Waals surface area contributed by atoms with Crippen LogP contribution in [0.3, 0.4) is 0 Å². The number of carboxylic acids is 2. The molecule has 6 N–H and O–H groups in total. The van der Waals surface area contributed by atoms with E-state index >= 15 is 0 Å². The van der Waals surface area contributed by atoms with Gasteiger partial charge in [0.2, 0.25) is 0 Å². The molecule has 0 unspecified atom stereocenters. The molecule has 0 aliphatic heterocycles. The zero-order chi connectivity index (χ0) is 11.7. The molecule has 0 saturated heterocycles. The Labute approximate surface area is 91.7 Å². The maximum atomic E-state index is 9.99. The van der Waals surface area contributed by atoms with Gasteiger partial charge < -0.3 is 21.7 Å².